The molecule has 4 nitrogen and oxygen atoms in total. The third kappa shape index (κ3) is 3.65. The molecular formula is C19H22N2O2. The summed E-state index contributed by atoms with van der Waals surface area (Å²) in [6.07, 6.45) is 1.09. The first-order chi connectivity index (χ1) is 11.1. The molecule has 0 saturated carbocycles. The SMILES string of the molecule is CC(C)Oc1ccc(NCC(=O)N2CCc3ccccc32)cc1. The summed E-state index contributed by atoms with van der Waals surface area (Å²) >= 11 is 0. The summed E-state index contributed by atoms with van der Waals surface area (Å²) in [5.74, 6) is 0.933. The Balaban J connectivity index is 1.57. The van der Waals surface area contributed by atoms with E-state index >= 15 is 0 Å². The zero-order chi connectivity index (χ0) is 16.2. The van der Waals surface area contributed by atoms with Crippen LogP contribution >= 0.6 is 0 Å². The van der Waals surface area contributed by atoms with Crippen LogP contribution < -0.4 is 15.0 Å². The second-order valence-electron chi connectivity index (χ2n) is 5.97. The lowest BCUT2D eigenvalue weighted by Crippen LogP contribution is -2.34. The van der Waals surface area contributed by atoms with Crippen molar-refractivity contribution in [2.24, 2.45) is 0 Å². The van der Waals surface area contributed by atoms with Gasteiger partial charge in [0.1, 0.15) is 5.75 Å². The van der Waals surface area contributed by atoms with Crippen LogP contribution in [0.3, 0.4) is 0 Å². The number of nitrogens with one attached hydrogen (secondary N) is 1. The Hall–Kier alpha value is -2.49. The van der Waals surface area contributed by atoms with Gasteiger partial charge in [0, 0.05) is 17.9 Å². The van der Waals surface area contributed by atoms with E-state index in [0.717, 1.165) is 30.1 Å². The molecule has 1 N–H and O–H groups in total. The maximum absolute atomic E-state index is 12.4. The smallest absolute Gasteiger partial charge is 0.246 e. The summed E-state index contributed by atoms with van der Waals surface area (Å²) < 4.78 is 5.61. The second-order valence-corrected chi connectivity index (χ2v) is 5.97. The van der Waals surface area contributed by atoms with Gasteiger partial charge in [0.05, 0.1) is 12.6 Å². The Bertz CT molecular complexity index is 680. The van der Waals surface area contributed by atoms with Crippen molar-refractivity contribution in [1.29, 1.82) is 0 Å². The number of hydrogen-bond donors (Lipinski definition) is 1. The molecule has 3 rings (SSSR count). The van der Waals surface area contributed by atoms with Gasteiger partial charge in [-0.25, -0.2) is 0 Å². The monoisotopic (exact) mass is 310 g/mol. The molecule has 0 radical (unpaired) electrons. The van der Waals surface area contributed by atoms with Crippen molar-refractivity contribution in [2.75, 3.05) is 23.3 Å². The maximum atomic E-state index is 12.4. The largest absolute Gasteiger partial charge is 0.491 e. The van der Waals surface area contributed by atoms with Crippen LogP contribution in [0.1, 0.15) is 19.4 Å². The van der Waals surface area contributed by atoms with Crippen LogP contribution in [0.5, 0.6) is 5.75 Å². The van der Waals surface area contributed by atoms with Gasteiger partial charge in [-0.05, 0) is 56.2 Å². The number of anilines is 2. The van der Waals surface area contributed by atoms with E-state index < -0.39 is 0 Å². The molecule has 1 amide bonds. The number of nitrogens with zero attached hydrogens (tertiary/aromatic N) is 1. The highest BCUT2D eigenvalue weighted by Gasteiger charge is 2.23. The highest BCUT2D eigenvalue weighted by atomic mass is 16.5. The van der Waals surface area contributed by atoms with Gasteiger partial charge in [0.2, 0.25) is 5.91 Å². The fraction of sp³-hybridized carbons (Fsp3) is 0.316. The molecule has 1 aliphatic heterocycles. The molecule has 0 saturated heterocycles. The number of benzene rings is 2. The summed E-state index contributed by atoms with van der Waals surface area (Å²) in [6, 6.07) is 15.8. The quantitative estimate of drug-likeness (QED) is 0.919. The third-order valence-electron chi connectivity index (χ3n) is 3.86. The van der Waals surface area contributed by atoms with E-state index in [0.29, 0.717) is 6.54 Å². The van der Waals surface area contributed by atoms with Crippen LogP contribution in [0, 0.1) is 0 Å². The minimum atomic E-state index is 0.0949. The van der Waals surface area contributed by atoms with E-state index in [2.05, 4.69) is 11.4 Å². The molecule has 0 aliphatic carbocycles. The Kier molecular flexibility index (Phi) is 4.51. The molecule has 0 atom stereocenters. The molecule has 1 heterocycles. The Morgan fingerprint density at radius 1 is 1.17 bits per heavy atom. The van der Waals surface area contributed by atoms with Crippen molar-refractivity contribution in [1.82, 2.24) is 0 Å². The molecule has 0 bridgehead atoms. The van der Waals surface area contributed by atoms with Crippen molar-refractivity contribution < 1.29 is 9.53 Å². The second kappa shape index (κ2) is 6.73. The van der Waals surface area contributed by atoms with E-state index in [4.69, 9.17) is 4.74 Å². The van der Waals surface area contributed by atoms with Gasteiger partial charge in [-0.1, -0.05) is 18.2 Å². The van der Waals surface area contributed by atoms with Gasteiger partial charge in [-0.2, -0.15) is 0 Å². The highest BCUT2D eigenvalue weighted by Crippen LogP contribution is 2.27. The predicted octanol–water partition coefficient (Wildman–Crippen LogP) is 3.48. The number of rotatable bonds is 5. The van der Waals surface area contributed by atoms with Gasteiger partial charge in [-0.15, -0.1) is 0 Å². The van der Waals surface area contributed by atoms with Crippen LogP contribution in [0.25, 0.3) is 0 Å². The number of fused-ring (bicyclic) bond motifs is 1. The summed E-state index contributed by atoms with van der Waals surface area (Å²) in [5.41, 5.74) is 3.21. The molecule has 0 fully saturated rings. The Morgan fingerprint density at radius 3 is 2.65 bits per heavy atom. The predicted molar refractivity (Wildman–Crippen MR) is 93.2 cm³/mol. The Morgan fingerprint density at radius 2 is 1.91 bits per heavy atom. The van der Waals surface area contributed by atoms with Crippen molar-refractivity contribution in [2.45, 2.75) is 26.4 Å². The number of carbonyl (C=O) groups is 1. The lowest BCUT2D eigenvalue weighted by atomic mass is 10.2. The van der Waals surface area contributed by atoms with Crippen molar-refractivity contribution >= 4 is 17.3 Å². The first kappa shape index (κ1) is 15.4. The van der Waals surface area contributed by atoms with Crippen molar-refractivity contribution in [3.63, 3.8) is 0 Å². The van der Waals surface area contributed by atoms with Crippen LogP contribution in [0.2, 0.25) is 0 Å². The summed E-state index contributed by atoms with van der Waals surface area (Å²) in [7, 11) is 0. The summed E-state index contributed by atoms with van der Waals surface area (Å²) in [6.45, 7) is 5.05. The number of hydrogen-bond acceptors (Lipinski definition) is 3. The van der Waals surface area contributed by atoms with Crippen LogP contribution in [-0.4, -0.2) is 25.1 Å². The summed E-state index contributed by atoms with van der Waals surface area (Å²) in [5, 5.41) is 3.19. The first-order valence-corrected chi connectivity index (χ1v) is 8.02. The van der Waals surface area contributed by atoms with Crippen LogP contribution in [0.15, 0.2) is 48.5 Å². The van der Waals surface area contributed by atoms with E-state index in [1.165, 1.54) is 5.56 Å². The normalized spacial score (nSPS) is 13.1. The van der Waals surface area contributed by atoms with Gasteiger partial charge in [0.25, 0.3) is 0 Å². The highest BCUT2D eigenvalue weighted by molar-refractivity contribution is 5.98. The van der Waals surface area contributed by atoms with Crippen LogP contribution in [0.4, 0.5) is 11.4 Å². The van der Waals surface area contributed by atoms with E-state index in [-0.39, 0.29) is 12.0 Å². The van der Waals surface area contributed by atoms with Gasteiger partial charge >= 0.3 is 0 Å². The van der Waals surface area contributed by atoms with Gasteiger partial charge in [-0.3, -0.25) is 4.79 Å². The third-order valence-corrected chi connectivity index (χ3v) is 3.86. The minimum absolute atomic E-state index is 0.0949. The van der Waals surface area contributed by atoms with E-state index in [1.807, 2.05) is 61.2 Å². The molecule has 23 heavy (non-hydrogen) atoms. The van der Waals surface area contributed by atoms with E-state index in [1.54, 1.807) is 0 Å². The van der Waals surface area contributed by atoms with Crippen molar-refractivity contribution in [3.05, 3.63) is 54.1 Å². The number of ether oxygens (including phenoxy) is 1. The molecule has 120 valence electrons. The van der Waals surface area contributed by atoms with Gasteiger partial charge in [0.15, 0.2) is 0 Å². The maximum Gasteiger partial charge on any atom is 0.246 e. The number of amides is 1. The fourth-order valence-corrected chi connectivity index (χ4v) is 2.79. The minimum Gasteiger partial charge on any atom is -0.491 e. The zero-order valence-corrected chi connectivity index (χ0v) is 13.6. The first-order valence-electron chi connectivity index (χ1n) is 8.02. The number of para-hydroxylation sites is 1. The molecule has 2 aromatic carbocycles. The molecular weight excluding hydrogens is 288 g/mol. The standard InChI is InChI=1S/C19H22N2O2/c1-14(2)23-17-9-7-16(8-10-17)20-13-19(22)21-12-11-15-5-3-4-6-18(15)21/h3-10,14,20H,11-13H2,1-2H3. The topological polar surface area (TPSA) is 41.6 Å². The molecule has 0 spiro atoms. The van der Waals surface area contributed by atoms with Gasteiger partial charge < -0.3 is 15.0 Å². The molecule has 0 aromatic heterocycles. The molecule has 1 aliphatic rings. The molecule has 2 aromatic rings. The Labute approximate surface area is 137 Å². The number of carbonyl (C=O) groups excluding carboxylic acids is 1. The zero-order valence-electron chi connectivity index (χ0n) is 13.6. The average Bonchev–Trinajstić information content (AvgIpc) is 2.97. The van der Waals surface area contributed by atoms with Crippen LogP contribution in [-0.2, 0) is 11.2 Å². The molecule has 4 heteroatoms. The average molecular weight is 310 g/mol. The molecule has 0 unspecified atom stereocenters. The fourth-order valence-electron chi connectivity index (χ4n) is 2.79. The lowest BCUT2D eigenvalue weighted by Gasteiger charge is -2.18. The van der Waals surface area contributed by atoms with Crippen molar-refractivity contribution in [3.8, 4) is 5.75 Å². The summed E-state index contributed by atoms with van der Waals surface area (Å²) in [4.78, 5) is 14.3. The van der Waals surface area contributed by atoms with E-state index in [9.17, 15) is 4.79 Å². The lowest BCUT2D eigenvalue weighted by molar-refractivity contribution is -0.116.